The quantitative estimate of drug-likeness (QED) is 0.724. The van der Waals surface area contributed by atoms with Crippen molar-refractivity contribution in [3.8, 4) is 0 Å². The lowest BCUT2D eigenvalue weighted by molar-refractivity contribution is -0.121. The third-order valence-corrected chi connectivity index (χ3v) is 4.38. The monoisotopic (exact) mass is 363 g/mol. The normalized spacial score (nSPS) is 10.6. The molecule has 0 saturated carbocycles. The molecule has 1 amide bonds. The number of aromatic nitrogens is 2. The molecule has 0 unspecified atom stereocenters. The molecule has 0 radical (unpaired) electrons. The number of hydrogen-bond donors (Lipinski definition) is 1. The van der Waals surface area contributed by atoms with E-state index in [-0.39, 0.29) is 12.5 Å². The van der Waals surface area contributed by atoms with Gasteiger partial charge in [0, 0.05) is 18.8 Å². The van der Waals surface area contributed by atoms with E-state index in [1.807, 2.05) is 61.5 Å². The van der Waals surface area contributed by atoms with Crippen LogP contribution in [0.5, 0.6) is 0 Å². The lowest BCUT2D eigenvalue weighted by atomic mass is 10.1. The van der Waals surface area contributed by atoms with E-state index in [9.17, 15) is 14.4 Å². The molecule has 1 N–H and O–H groups in total. The zero-order valence-electron chi connectivity index (χ0n) is 15.1. The van der Waals surface area contributed by atoms with Crippen LogP contribution in [0, 0.1) is 6.92 Å². The maximum atomic E-state index is 12.7. The van der Waals surface area contributed by atoms with E-state index in [0.29, 0.717) is 13.1 Å². The van der Waals surface area contributed by atoms with Gasteiger partial charge in [0.2, 0.25) is 5.91 Å². The highest BCUT2D eigenvalue weighted by atomic mass is 16.2. The first-order valence-electron chi connectivity index (χ1n) is 8.70. The number of carbonyl (C=O) groups is 1. The predicted octanol–water partition coefficient (Wildman–Crippen LogP) is 1.68. The fraction of sp³-hybridized carbons (Fsp3) is 0.190. The Bertz CT molecular complexity index is 1050. The molecular formula is C21H21N3O3. The molecule has 3 rings (SSSR count). The van der Waals surface area contributed by atoms with Crippen LogP contribution in [0.15, 0.2) is 76.4 Å². The number of nitrogens with zero attached hydrogens (tertiary/aromatic N) is 2. The Balaban J connectivity index is 1.75. The first-order valence-corrected chi connectivity index (χ1v) is 8.70. The molecule has 27 heavy (non-hydrogen) atoms. The van der Waals surface area contributed by atoms with E-state index in [2.05, 4.69) is 5.32 Å². The Morgan fingerprint density at radius 1 is 0.963 bits per heavy atom. The van der Waals surface area contributed by atoms with Gasteiger partial charge in [0.15, 0.2) is 0 Å². The summed E-state index contributed by atoms with van der Waals surface area (Å²) in [5.41, 5.74) is 2.00. The minimum Gasteiger partial charge on any atom is -0.350 e. The Morgan fingerprint density at radius 2 is 1.67 bits per heavy atom. The summed E-state index contributed by atoms with van der Waals surface area (Å²) >= 11 is 0. The van der Waals surface area contributed by atoms with Crippen LogP contribution in [0.2, 0.25) is 0 Å². The number of carbonyl (C=O) groups excluding carboxylic acids is 1. The molecule has 2 aromatic carbocycles. The Labute approximate surface area is 156 Å². The molecular weight excluding hydrogens is 342 g/mol. The Morgan fingerprint density at radius 3 is 2.41 bits per heavy atom. The second-order valence-corrected chi connectivity index (χ2v) is 6.34. The highest BCUT2D eigenvalue weighted by Crippen LogP contribution is 2.07. The van der Waals surface area contributed by atoms with Gasteiger partial charge in [-0.05, 0) is 23.6 Å². The Kier molecular flexibility index (Phi) is 5.66. The SMILES string of the molecule is Cc1ccccc1Cn1ccc(=O)n(CC(=O)NCc2ccccc2)c1=O. The highest BCUT2D eigenvalue weighted by Gasteiger charge is 2.11. The van der Waals surface area contributed by atoms with Crippen molar-refractivity contribution >= 4 is 5.91 Å². The zero-order valence-corrected chi connectivity index (χ0v) is 15.1. The summed E-state index contributed by atoms with van der Waals surface area (Å²) in [4.78, 5) is 36.9. The standard InChI is InChI=1S/C21H21N3O3/c1-16-7-5-6-10-18(16)14-23-12-11-20(26)24(21(23)27)15-19(25)22-13-17-8-3-2-4-9-17/h2-12H,13-15H2,1H3,(H,22,25). The number of rotatable bonds is 6. The zero-order chi connectivity index (χ0) is 19.2. The van der Waals surface area contributed by atoms with Crippen LogP contribution in [0.1, 0.15) is 16.7 Å². The average molecular weight is 363 g/mol. The number of benzene rings is 2. The summed E-state index contributed by atoms with van der Waals surface area (Å²) in [7, 11) is 0. The molecule has 1 aromatic heterocycles. The van der Waals surface area contributed by atoms with E-state index in [1.54, 1.807) is 0 Å². The van der Waals surface area contributed by atoms with E-state index in [4.69, 9.17) is 0 Å². The lowest BCUT2D eigenvalue weighted by Gasteiger charge is -2.11. The van der Waals surface area contributed by atoms with Gasteiger partial charge in [-0.1, -0.05) is 54.6 Å². The molecule has 0 atom stereocenters. The van der Waals surface area contributed by atoms with Crippen LogP contribution in [-0.4, -0.2) is 15.0 Å². The van der Waals surface area contributed by atoms with Gasteiger partial charge in [-0.15, -0.1) is 0 Å². The molecule has 0 aliphatic rings. The minimum absolute atomic E-state index is 0.306. The number of hydrogen-bond acceptors (Lipinski definition) is 3. The molecule has 6 heteroatoms. The second kappa shape index (κ2) is 8.31. The van der Waals surface area contributed by atoms with Crippen LogP contribution >= 0.6 is 0 Å². The maximum Gasteiger partial charge on any atom is 0.331 e. The van der Waals surface area contributed by atoms with Crippen molar-refractivity contribution in [2.75, 3.05) is 0 Å². The maximum absolute atomic E-state index is 12.7. The van der Waals surface area contributed by atoms with Crippen molar-refractivity contribution < 1.29 is 4.79 Å². The van der Waals surface area contributed by atoms with Crippen LogP contribution < -0.4 is 16.6 Å². The van der Waals surface area contributed by atoms with Gasteiger partial charge in [0.25, 0.3) is 5.56 Å². The third-order valence-electron chi connectivity index (χ3n) is 4.38. The van der Waals surface area contributed by atoms with Crippen LogP contribution in [-0.2, 0) is 24.4 Å². The predicted molar refractivity (Wildman–Crippen MR) is 104 cm³/mol. The largest absolute Gasteiger partial charge is 0.350 e. The summed E-state index contributed by atoms with van der Waals surface area (Å²) in [5, 5.41) is 2.73. The summed E-state index contributed by atoms with van der Waals surface area (Å²) in [6.07, 6.45) is 1.47. The molecule has 0 bridgehead atoms. The fourth-order valence-electron chi connectivity index (χ4n) is 2.79. The Hall–Kier alpha value is -3.41. The van der Waals surface area contributed by atoms with E-state index in [1.165, 1.54) is 16.8 Å². The second-order valence-electron chi connectivity index (χ2n) is 6.34. The van der Waals surface area contributed by atoms with Gasteiger partial charge in [-0.2, -0.15) is 0 Å². The molecule has 0 saturated heterocycles. The van der Waals surface area contributed by atoms with Crippen molar-refractivity contribution in [3.63, 3.8) is 0 Å². The van der Waals surface area contributed by atoms with Crippen molar-refractivity contribution in [2.45, 2.75) is 26.6 Å². The molecule has 1 heterocycles. The van der Waals surface area contributed by atoms with Crippen LogP contribution in [0.4, 0.5) is 0 Å². The molecule has 0 spiro atoms. The molecule has 0 aliphatic carbocycles. The van der Waals surface area contributed by atoms with Crippen molar-refractivity contribution in [2.24, 2.45) is 0 Å². The van der Waals surface area contributed by atoms with Crippen LogP contribution in [0.3, 0.4) is 0 Å². The summed E-state index contributed by atoms with van der Waals surface area (Å²) in [6.45, 7) is 2.35. The molecule has 138 valence electrons. The van der Waals surface area contributed by atoms with E-state index in [0.717, 1.165) is 21.3 Å². The van der Waals surface area contributed by atoms with E-state index < -0.39 is 11.2 Å². The summed E-state index contributed by atoms with van der Waals surface area (Å²) < 4.78 is 2.40. The molecule has 0 fully saturated rings. The smallest absolute Gasteiger partial charge is 0.331 e. The lowest BCUT2D eigenvalue weighted by Crippen LogP contribution is -2.43. The first kappa shape index (κ1) is 18.4. The number of nitrogens with one attached hydrogen (secondary N) is 1. The molecule has 0 aliphatic heterocycles. The minimum atomic E-state index is -0.499. The van der Waals surface area contributed by atoms with Gasteiger partial charge in [-0.3, -0.25) is 18.7 Å². The van der Waals surface area contributed by atoms with Gasteiger partial charge in [0.05, 0.1) is 6.54 Å². The van der Waals surface area contributed by atoms with Crippen molar-refractivity contribution in [1.29, 1.82) is 0 Å². The van der Waals surface area contributed by atoms with Gasteiger partial charge >= 0.3 is 5.69 Å². The van der Waals surface area contributed by atoms with Gasteiger partial charge in [-0.25, -0.2) is 4.79 Å². The number of amides is 1. The highest BCUT2D eigenvalue weighted by molar-refractivity contribution is 5.75. The van der Waals surface area contributed by atoms with Gasteiger partial charge in [0.1, 0.15) is 6.54 Å². The fourth-order valence-corrected chi connectivity index (χ4v) is 2.79. The number of aryl methyl sites for hydroxylation is 1. The van der Waals surface area contributed by atoms with E-state index >= 15 is 0 Å². The topological polar surface area (TPSA) is 73.1 Å². The van der Waals surface area contributed by atoms with Crippen molar-refractivity contribution in [1.82, 2.24) is 14.5 Å². The molecule has 3 aromatic rings. The van der Waals surface area contributed by atoms with Crippen LogP contribution in [0.25, 0.3) is 0 Å². The van der Waals surface area contributed by atoms with Gasteiger partial charge < -0.3 is 5.32 Å². The summed E-state index contributed by atoms with van der Waals surface area (Å²) in [5.74, 6) is -0.383. The summed E-state index contributed by atoms with van der Waals surface area (Å²) in [6, 6.07) is 18.5. The third kappa shape index (κ3) is 4.61. The average Bonchev–Trinajstić information content (AvgIpc) is 2.68. The van der Waals surface area contributed by atoms with Crippen molar-refractivity contribution in [3.05, 3.63) is 104 Å². The first-order chi connectivity index (χ1) is 13.0. The molecule has 6 nitrogen and oxygen atoms in total.